The summed E-state index contributed by atoms with van der Waals surface area (Å²) in [6.07, 6.45) is 0. The lowest BCUT2D eigenvalue weighted by Gasteiger charge is -2.16. The Kier molecular flexibility index (Phi) is 7.42. The number of hydrogen-bond donors (Lipinski definition) is 0. The normalized spacial score (nSPS) is 11.6. The van der Waals surface area contributed by atoms with E-state index in [0.29, 0.717) is 17.5 Å². The van der Waals surface area contributed by atoms with E-state index in [1.165, 1.54) is 5.39 Å². The van der Waals surface area contributed by atoms with Crippen LogP contribution >= 0.6 is 0 Å². The van der Waals surface area contributed by atoms with Crippen molar-refractivity contribution in [2.24, 2.45) is 0 Å². The quantitative estimate of drug-likeness (QED) is 0.172. The fourth-order valence-corrected chi connectivity index (χ4v) is 8.02. The molecule has 0 N–H and O–H groups in total. The first-order chi connectivity index (χ1) is 27.8. The molecule has 5 heteroatoms. The van der Waals surface area contributed by atoms with Gasteiger partial charge in [0.2, 0.25) is 0 Å². The zero-order chi connectivity index (χ0) is 37.0. The van der Waals surface area contributed by atoms with Crippen LogP contribution in [0.3, 0.4) is 0 Å². The summed E-state index contributed by atoms with van der Waals surface area (Å²) in [5, 5.41) is 4.55. The second kappa shape index (κ2) is 13.0. The van der Waals surface area contributed by atoms with E-state index in [1.807, 2.05) is 78.9 Å². The summed E-state index contributed by atoms with van der Waals surface area (Å²) in [5.74, 6) is 1.84. The Hall–Kier alpha value is -7.63. The smallest absolute Gasteiger partial charge is 0.166 e. The van der Waals surface area contributed by atoms with Crippen LogP contribution in [0.1, 0.15) is 0 Å². The maximum Gasteiger partial charge on any atom is 0.166 e. The lowest BCUT2D eigenvalue weighted by atomic mass is 10.00. The van der Waals surface area contributed by atoms with Crippen LogP contribution in [0.2, 0.25) is 0 Å². The molecule has 11 aromatic rings. The van der Waals surface area contributed by atoms with Crippen LogP contribution in [-0.4, -0.2) is 19.5 Å². The van der Waals surface area contributed by atoms with Gasteiger partial charge in [-0.3, -0.25) is 0 Å². The largest absolute Gasteiger partial charge is 0.455 e. The first-order valence-corrected chi connectivity index (χ1v) is 18.8. The number of hydrogen-bond acceptors (Lipinski definition) is 4. The van der Waals surface area contributed by atoms with Gasteiger partial charge < -0.3 is 8.98 Å². The number of aromatic nitrogens is 4. The molecule has 0 bridgehead atoms. The molecule has 0 aliphatic carbocycles. The van der Waals surface area contributed by atoms with Crippen molar-refractivity contribution in [1.82, 2.24) is 19.5 Å². The van der Waals surface area contributed by atoms with Gasteiger partial charge in [0.05, 0.1) is 16.7 Å². The molecule has 3 heterocycles. The van der Waals surface area contributed by atoms with E-state index < -0.39 is 0 Å². The van der Waals surface area contributed by atoms with Crippen LogP contribution in [0.5, 0.6) is 0 Å². The van der Waals surface area contributed by atoms with Crippen LogP contribution in [0.25, 0.3) is 106 Å². The molecule has 0 aliphatic rings. The molecule has 5 nitrogen and oxygen atoms in total. The summed E-state index contributed by atoms with van der Waals surface area (Å²) in [4.78, 5) is 15.5. The van der Waals surface area contributed by atoms with E-state index in [0.717, 1.165) is 83.0 Å². The van der Waals surface area contributed by atoms with Crippen LogP contribution in [0, 0.1) is 0 Å². The fourth-order valence-electron chi connectivity index (χ4n) is 8.02. The molecule has 56 heavy (non-hydrogen) atoms. The Morgan fingerprint density at radius 1 is 0.339 bits per heavy atom. The van der Waals surface area contributed by atoms with Crippen LogP contribution in [0.4, 0.5) is 0 Å². The van der Waals surface area contributed by atoms with E-state index in [2.05, 4.69) is 120 Å². The van der Waals surface area contributed by atoms with E-state index in [9.17, 15) is 0 Å². The SMILES string of the molecule is c1ccc(-c2ccc(-n3c4ccccc4c4ccc(-c5cccc6c5oc5ccccc56)cc43)c(-c3nc(-c4ccccc4)nc(-c4ccccc4)n3)c2)cc1. The van der Waals surface area contributed by atoms with Gasteiger partial charge in [0.25, 0.3) is 0 Å². The molecule has 3 aromatic heterocycles. The molecule has 0 aliphatic heterocycles. The minimum Gasteiger partial charge on any atom is -0.455 e. The predicted molar refractivity (Wildman–Crippen MR) is 229 cm³/mol. The summed E-state index contributed by atoms with van der Waals surface area (Å²) >= 11 is 0. The van der Waals surface area contributed by atoms with Crippen molar-refractivity contribution >= 4 is 43.7 Å². The average Bonchev–Trinajstić information content (AvgIpc) is 3.82. The molecular formula is C51H32N4O. The van der Waals surface area contributed by atoms with Crippen molar-refractivity contribution in [1.29, 1.82) is 0 Å². The number of para-hydroxylation sites is 3. The summed E-state index contributed by atoms with van der Waals surface area (Å²) in [7, 11) is 0. The van der Waals surface area contributed by atoms with Gasteiger partial charge in [-0.2, -0.15) is 0 Å². The van der Waals surface area contributed by atoms with E-state index >= 15 is 0 Å². The molecule has 0 fully saturated rings. The Balaban J connectivity index is 1.20. The molecule has 0 saturated carbocycles. The molecule has 0 unspecified atom stereocenters. The van der Waals surface area contributed by atoms with Gasteiger partial charge in [-0.15, -0.1) is 0 Å². The third kappa shape index (κ3) is 5.29. The molecule has 0 atom stereocenters. The number of fused-ring (bicyclic) bond motifs is 6. The molecule has 8 aromatic carbocycles. The van der Waals surface area contributed by atoms with Crippen LogP contribution < -0.4 is 0 Å². The van der Waals surface area contributed by atoms with Crippen molar-refractivity contribution in [3.8, 4) is 62.1 Å². The maximum atomic E-state index is 6.52. The van der Waals surface area contributed by atoms with Gasteiger partial charge in [-0.1, -0.05) is 164 Å². The van der Waals surface area contributed by atoms with Gasteiger partial charge in [0, 0.05) is 43.8 Å². The highest BCUT2D eigenvalue weighted by atomic mass is 16.3. The summed E-state index contributed by atoms with van der Waals surface area (Å²) in [5.41, 5.74) is 12.0. The van der Waals surface area contributed by atoms with E-state index in [-0.39, 0.29) is 0 Å². The predicted octanol–water partition coefficient (Wildman–Crippen LogP) is 13.2. The van der Waals surface area contributed by atoms with Crippen molar-refractivity contribution < 1.29 is 4.42 Å². The Morgan fingerprint density at radius 3 is 1.64 bits per heavy atom. The standard InChI is InChI=1S/C51H32N4O/c1-4-15-33(16-5-1)36-28-30-45(43(31-36)51-53-49(34-17-6-2-7-18-34)52-50(54-51)35-19-8-3-9-20-35)55-44-25-12-10-21-39(44)40-29-27-37(32-46(40)55)38-23-14-24-42-41-22-11-13-26-47(41)56-48(38)42/h1-32H. The Labute approximate surface area is 322 Å². The molecule has 11 rings (SSSR count). The van der Waals surface area contributed by atoms with Crippen molar-refractivity contribution in [3.63, 3.8) is 0 Å². The minimum atomic E-state index is 0.597. The molecule has 0 saturated heterocycles. The molecule has 0 radical (unpaired) electrons. The maximum absolute atomic E-state index is 6.52. The highest BCUT2D eigenvalue weighted by Crippen LogP contribution is 2.41. The van der Waals surface area contributed by atoms with Crippen molar-refractivity contribution in [3.05, 3.63) is 194 Å². The zero-order valence-electron chi connectivity index (χ0n) is 30.2. The summed E-state index contributed by atoms with van der Waals surface area (Å²) in [6, 6.07) is 67.4. The lowest BCUT2D eigenvalue weighted by Crippen LogP contribution is -2.04. The highest BCUT2D eigenvalue weighted by Gasteiger charge is 2.21. The topological polar surface area (TPSA) is 56.7 Å². The van der Waals surface area contributed by atoms with Gasteiger partial charge in [-0.25, -0.2) is 15.0 Å². The van der Waals surface area contributed by atoms with E-state index in [4.69, 9.17) is 19.4 Å². The minimum absolute atomic E-state index is 0.597. The van der Waals surface area contributed by atoms with Gasteiger partial charge in [0.15, 0.2) is 17.5 Å². The molecule has 0 amide bonds. The van der Waals surface area contributed by atoms with Crippen LogP contribution in [-0.2, 0) is 0 Å². The number of benzene rings is 8. The second-order valence-electron chi connectivity index (χ2n) is 14.0. The first kappa shape index (κ1) is 31.9. The van der Waals surface area contributed by atoms with E-state index in [1.54, 1.807) is 0 Å². The number of nitrogens with zero attached hydrogens (tertiary/aromatic N) is 4. The first-order valence-electron chi connectivity index (χ1n) is 18.8. The zero-order valence-corrected chi connectivity index (χ0v) is 30.2. The van der Waals surface area contributed by atoms with Crippen molar-refractivity contribution in [2.45, 2.75) is 0 Å². The summed E-state index contributed by atoms with van der Waals surface area (Å²) < 4.78 is 8.89. The number of furan rings is 1. The fraction of sp³-hybridized carbons (Fsp3) is 0. The molecule has 262 valence electrons. The van der Waals surface area contributed by atoms with Gasteiger partial charge in [0.1, 0.15) is 11.2 Å². The lowest BCUT2D eigenvalue weighted by molar-refractivity contribution is 0.670. The monoisotopic (exact) mass is 716 g/mol. The van der Waals surface area contributed by atoms with Gasteiger partial charge in [-0.05, 0) is 47.0 Å². The molecular weight excluding hydrogens is 685 g/mol. The third-order valence-electron chi connectivity index (χ3n) is 10.7. The third-order valence-corrected chi connectivity index (χ3v) is 10.7. The second-order valence-corrected chi connectivity index (χ2v) is 14.0. The van der Waals surface area contributed by atoms with Crippen LogP contribution in [0.15, 0.2) is 199 Å². The summed E-state index contributed by atoms with van der Waals surface area (Å²) in [6.45, 7) is 0. The Morgan fingerprint density at radius 2 is 0.911 bits per heavy atom. The van der Waals surface area contributed by atoms with Gasteiger partial charge >= 0.3 is 0 Å². The average molecular weight is 717 g/mol. The Bertz CT molecular complexity index is 3180. The highest BCUT2D eigenvalue weighted by molar-refractivity contribution is 6.13. The van der Waals surface area contributed by atoms with Crippen molar-refractivity contribution in [2.75, 3.05) is 0 Å². The number of rotatable bonds is 6. The molecule has 0 spiro atoms.